The summed E-state index contributed by atoms with van der Waals surface area (Å²) in [5.74, 6) is 0.0631. The first-order valence-electron chi connectivity index (χ1n) is 7.47. The predicted octanol–water partition coefficient (Wildman–Crippen LogP) is 2.51. The summed E-state index contributed by atoms with van der Waals surface area (Å²) in [5, 5.41) is 12.3. The van der Waals surface area contributed by atoms with Crippen LogP contribution in [0.2, 0.25) is 0 Å². The molecule has 4 atom stereocenters. The second-order valence-electron chi connectivity index (χ2n) is 5.78. The van der Waals surface area contributed by atoms with Gasteiger partial charge < -0.3 is 10.4 Å². The van der Waals surface area contributed by atoms with Gasteiger partial charge >= 0.3 is 12.0 Å². The van der Waals surface area contributed by atoms with Gasteiger partial charge in [0, 0.05) is 11.8 Å². The molecule has 6 heteroatoms. The maximum atomic E-state index is 12.5. The van der Waals surface area contributed by atoms with E-state index in [2.05, 4.69) is 12.2 Å². The molecule has 0 radical (unpaired) electrons. The standard InChI is InChI=1S/C14H24N2O3S/c1-3-12-16(11(8-20-12)13(17)18)14(19)15-10-7-5-4-6-9(10)2/h9-12H,3-8H2,1-2H3,(H,15,19)(H,17,18). The van der Waals surface area contributed by atoms with Crippen molar-refractivity contribution in [2.24, 2.45) is 5.92 Å². The Morgan fingerprint density at radius 3 is 2.65 bits per heavy atom. The largest absolute Gasteiger partial charge is 0.480 e. The molecule has 0 aromatic rings. The maximum Gasteiger partial charge on any atom is 0.327 e. The monoisotopic (exact) mass is 300 g/mol. The second-order valence-corrected chi connectivity index (χ2v) is 6.99. The minimum Gasteiger partial charge on any atom is -0.480 e. The summed E-state index contributed by atoms with van der Waals surface area (Å²) in [6.45, 7) is 4.15. The van der Waals surface area contributed by atoms with Crippen LogP contribution < -0.4 is 5.32 Å². The number of nitrogens with one attached hydrogen (secondary N) is 1. The zero-order valence-electron chi connectivity index (χ0n) is 12.2. The van der Waals surface area contributed by atoms with E-state index in [1.807, 2.05) is 6.92 Å². The molecule has 2 N–H and O–H groups in total. The summed E-state index contributed by atoms with van der Waals surface area (Å²) >= 11 is 1.56. The molecule has 2 fully saturated rings. The van der Waals surface area contributed by atoms with Gasteiger partial charge in [-0.05, 0) is 25.2 Å². The molecule has 2 amide bonds. The van der Waals surface area contributed by atoms with Crippen molar-refractivity contribution in [3.8, 4) is 0 Å². The van der Waals surface area contributed by atoms with E-state index in [1.165, 1.54) is 11.3 Å². The lowest BCUT2D eigenvalue weighted by Gasteiger charge is -2.33. The zero-order chi connectivity index (χ0) is 14.7. The Balaban J connectivity index is 2.03. The first-order chi connectivity index (χ1) is 9.54. The Morgan fingerprint density at radius 1 is 1.35 bits per heavy atom. The van der Waals surface area contributed by atoms with E-state index in [-0.39, 0.29) is 17.4 Å². The third kappa shape index (κ3) is 3.22. The van der Waals surface area contributed by atoms with Gasteiger partial charge in [-0.25, -0.2) is 9.59 Å². The quantitative estimate of drug-likeness (QED) is 0.840. The number of hydrogen-bond donors (Lipinski definition) is 2. The van der Waals surface area contributed by atoms with Gasteiger partial charge in [0.2, 0.25) is 0 Å². The van der Waals surface area contributed by atoms with Crippen molar-refractivity contribution >= 4 is 23.8 Å². The van der Waals surface area contributed by atoms with Crippen LogP contribution in [0.15, 0.2) is 0 Å². The normalized spacial score (nSPS) is 34.0. The first kappa shape index (κ1) is 15.5. The number of carboxylic acids is 1. The molecule has 4 unspecified atom stereocenters. The number of thioether (sulfide) groups is 1. The summed E-state index contributed by atoms with van der Waals surface area (Å²) in [7, 11) is 0. The third-order valence-corrected chi connectivity index (χ3v) is 5.84. The van der Waals surface area contributed by atoms with Gasteiger partial charge in [0.25, 0.3) is 0 Å². The molecule has 2 aliphatic rings. The zero-order valence-corrected chi connectivity index (χ0v) is 13.0. The lowest BCUT2D eigenvalue weighted by Crippen LogP contribution is -2.53. The molecule has 0 aromatic heterocycles. The number of rotatable bonds is 3. The predicted molar refractivity (Wildman–Crippen MR) is 79.8 cm³/mol. The van der Waals surface area contributed by atoms with Gasteiger partial charge in [0.15, 0.2) is 0 Å². The van der Waals surface area contributed by atoms with Crippen molar-refractivity contribution in [2.75, 3.05) is 5.75 Å². The van der Waals surface area contributed by atoms with Crippen LogP contribution in [0.4, 0.5) is 4.79 Å². The van der Waals surface area contributed by atoms with Crippen molar-refractivity contribution in [2.45, 2.75) is 63.4 Å². The Kier molecular flexibility index (Phi) is 5.18. The molecule has 20 heavy (non-hydrogen) atoms. The van der Waals surface area contributed by atoms with Crippen molar-refractivity contribution in [3.05, 3.63) is 0 Å². The molecule has 1 saturated carbocycles. The van der Waals surface area contributed by atoms with Gasteiger partial charge in [-0.15, -0.1) is 11.8 Å². The van der Waals surface area contributed by atoms with Crippen LogP contribution in [0.1, 0.15) is 46.0 Å². The number of nitrogens with zero attached hydrogens (tertiary/aromatic N) is 1. The molecule has 0 aromatic carbocycles. The highest BCUT2D eigenvalue weighted by Crippen LogP contribution is 2.32. The Hall–Kier alpha value is -0.910. The molecule has 0 spiro atoms. The van der Waals surface area contributed by atoms with Crippen LogP contribution in [0.5, 0.6) is 0 Å². The number of carbonyl (C=O) groups is 2. The SMILES string of the molecule is CCC1SCC(C(=O)O)N1C(=O)NC1CCCCC1C. The Bertz CT molecular complexity index is 377. The van der Waals surface area contributed by atoms with E-state index in [9.17, 15) is 14.7 Å². The molecule has 1 heterocycles. The van der Waals surface area contributed by atoms with Gasteiger partial charge in [-0.1, -0.05) is 26.7 Å². The summed E-state index contributed by atoms with van der Waals surface area (Å²) in [6.07, 6.45) is 5.29. The van der Waals surface area contributed by atoms with Crippen LogP contribution in [0.3, 0.4) is 0 Å². The number of aliphatic carboxylic acids is 1. The number of amides is 2. The molecule has 0 bridgehead atoms. The minimum absolute atomic E-state index is 0.0185. The second kappa shape index (κ2) is 6.70. The van der Waals surface area contributed by atoms with Gasteiger partial charge in [-0.3, -0.25) is 4.90 Å². The van der Waals surface area contributed by atoms with Crippen LogP contribution in [-0.4, -0.2) is 45.2 Å². The van der Waals surface area contributed by atoms with E-state index in [4.69, 9.17) is 0 Å². The molecule has 1 saturated heterocycles. The van der Waals surface area contributed by atoms with Crippen molar-refractivity contribution < 1.29 is 14.7 Å². The highest BCUT2D eigenvalue weighted by atomic mass is 32.2. The van der Waals surface area contributed by atoms with Crippen LogP contribution in [-0.2, 0) is 4.79 Å². The van der Waals surface area contributed by atoms with Crippen molar-refractivity contribution in [1.82, 2.24) is 10.2 Å². The Morgan fingerprint density at radius 2 is 2.05 bits per heavy atom. The average Bonchev–Trinajstić information content (AvgIpc) is 2.85. The van der Waals surface area contributed by atoms with E-state index < -0.39 is 12.0 Å². The summed E-state index contributed by atoms with van der Waals surface area (Å²) in [5.41, 5.74) is 0. The molecule has 2 rings (SSSR count). The van der Waals surface area contributed by atoms with Gasteiger partial charge in [0.1, 0.15) is 6.04 Å². The lowest BCUT2D eigenvalue weighted by atomic mass is 9.86. The van der Waals surface area contributed by atoms with Crippen molar-refractivity contribution in [1.29, 1.82) is 0 Å². The summed E-state index contributed by atoms with van der Waals surface area (Å²) in [4.78, 5) is 25.3. The molecular weight excluding hydrogens is 276 g/mol. The van der Waals surface area contributed by atoms with E-state index >= 15 is 0 Å². The fourth-order valence-electron chi connectivity index (χ4n) is 3.10. The maximum absolute atomic E-state index is 12.5. The average molecular weight is 300 g/mol. The number of hydrogen-bond acceptors (Lipinski definition) is 3. The highest BCUT2D eigenvalue weighted by molar-refractivity contribution is 8.00. The molecule has 1 aliphatic heterocycles. The fraction of sp³-hybridized carbons (Fsp3) is 0.857. The van der Waals surface area contributed by atoms with Crippen LogP contribution >= 0.6 is 11.8 Å². The molecular formula is C14H24N2O3S. The number of carboxylic acid groups (broad SMARTS) is 1. The minimum atomic E-state index is -0.903. The van der Waals surface area contributed by atoms with E-state index in [1.54, 1.807) is 11.8 Å². The number of urea groups is 1. The summed E-state index contributed by atoms with van der Waals surface area (Å²) < 4.78 is 0. The number of carbonyl (C=O) groups excluding carboxylic acids is 1. The van der Waals surface area contributed by atoms with Gasteiger partial charge in [-0.2, -0.15) is 0 Å². The van der Waals surface area contributed by atoms with Crippen molar-refractivity contribution in [3.63, 3.8) is 0 Å². The topological polar surface area (TPSA) is 69.6 Å². The third-order valence-electron chi connectivity index (χ3n) is 4.38. The smallest absolute Gasteiger partial charge is 0.327 e. The molecule has 114 valence electrons. The molecule has 1 aliphatic carbocycles. The lowest BCUT2D eigenvalue weighted by molar-refractivity contribution is -0.141. The van der Waals surface area contributed by atoms with Gasteiger partial charge in [0.05, 0.1) is 5.37 Å². The van der Waals surface area contributed by atoms with E-state index in [0.29, 0.717) is 11.7 Å². The van der Waals surface area contributed by atoms with Crippen LogP contribution in [0, 0.1) is 5.92 Å². The highest BCUT2D eigenvalue weighted by Gasteiger charge is 2.41. The summed E-state index contributed by atoms with van der Waals surface area (Å²) in [6, 6.07) is -0.703. The Labute approximate surface area is 124 Å². The fourth-order valence-corrected chi connectivity index (χ4v) is 4.45. The van der Waals surface area contributed by atoms with E-state index in [0.717, 1.165) is 25.7 Å². The van der Waals surface area contributed by atoms with Crippen LogP contribution in [0.25, 0.3) is 0 Å². The molecule has 5 nitrogen and oxygen atoms in total. The first-order valence-corrected chi connectivity index (χ1v) is 8.52.